The van der Waals surface area contributed by atoms with Crippen molar-refractivity contribution in [2.75, 3.05) is 0 Å². The van der Waals surface area contributed by atoms with Crippen LogP contribution in [0.1, 0.15) is 40.5 Å². The van der Waals surface area contributed by atoms with Gasteiger partial charge in [-0.05, 0) is 17.8 Å². The highest BCUT2D eigenvalue weighted by Gasteiger charge is 2.12. The Hall–Kier alpha value is -0.590. The minimum atomic E-state index is 0.172. The monoisotopic (exact) mass is 168 g/mol. The van der Waals surface area contributed by atoms with E-state index in [-0.39, 0.29) is 5.41 Å². The Morgan fingerprint density at radius 1 is 1.33 bits per heavy atom. The van der Waals surface area contributed by atoms with E-state index in [1.807, 2.05) is 0 Å². The van der Waals surface area contributed by atoms with Gasteiger partial charge in [0.2, 0.25) is 0 Å². The van der Waals surface area contributed by atoms with Gasteiger partial charge in [-0.15, -0.1) is 0 Å². The number of carbonyl (C=O) groups excluding carboxylic acids is 1. The summed E-state index contributed by atoms with van der Waals surface area (Å²) >= 11 is 0. The molecule has 1 nitrogen and oxygen atoms in total. The van der Waals surface area contributed by atoms with Crippen molar-refractivity contribution in [2.45, 2.75) is 40.5 Å². The Morgan fingerprint density at radius 3 is 2.33 bits per heavy atom. The van der Waals surface area contributed by atoms with E-state index in [0.717, 1.165) is 12.7 Å². The fourth-order valence-corrected chi connectivity index (χ4v) is 0.967. The number of hydrogen-bond donors (Lipinski definition) is 0. The van der Waals surface area contributed by atoms with Gasteiger partial charge in [0.05, 0.1) is 0 Å². The predicted octanol–water partition coefficient (Wildman–Crippen LogP) is 3.20. The van der Waals surface area contributed by atoms with Crippen LogP contribution in [-0.2, 0) is 4.79 Å². The first-order valence-electron chi connectivity index (χ1n) is 4.61. The standard InChI is InChI=1S/C11H20O/c1-10(2)6-8-11(3,4)7-5-9-12/h6,8-10H,5,7H2,1-4H3/b8-6+. The lowest BCUT2D eigenvalue weighted by atomic mass is 9.87. The molecule has 0 N–H and O–H groups in total. The lowest BCUT2D eigenvalue weighted by Gasteiger charge is -2.18. The van der Waals surface area contributed by atoms with Gasteiger partial charge in [0.15, 0.2) is 0 Å². The van der Waals surface area contributed by atoms with Gasteiger partial charge in [0, 0.05) is 6.42 Å². The maximum absolute atomic E-state index is 10.2. The van der Waals surface area contributed by atoms with Crippen molar-refractivity contribution in [1.29, 1.82) is 0 Å². The minimum Gasteiger partial charge on any atom is -0.303 e. The molecule has 0 radical (unpaired) electrons. The molecule has 0 aromatic carbocycles. The maximum atomic E-state index is 10.2. The van der Waals surface area contributed by atoms with Gasteiger partial charge in [-0.3, -0.25) is 0 Å². The fraction of sp³-hybridized carbons (Fsp3) is 0.727. The quantitative estimate of drug-likeness (QED) is 0.455. The summed E-state index contributed by atoms with van der Waals surface area (Å²) in [6.45, 7) is 8.64. The first-order valence-corrected chi connectivity index (χ1v) is 4.61. The van der Waals surface area contributed by atoms with Crippen LogP contribution in [0, 0.1) is 11.3 Å². The molecule has 12 heavy (non-hydrogen) atoms. The second-order valence-corrected chi connectivity index (χ2v) is 4.30. The average Bonchev–Trinajstić information content (AvgIpc) is 1.98. The molecule has 0 atom stereocenters. The van der Waals surface area contributed by atoms with Gasteiger partial charge in [0.1, 0.15) is 6.29 Å². The zero-order valence-electron chi connectivity index (χ0n) is 8.63. The Kier molecular flexibility index (Phi) is 4.87. The van der Waals surface area contributed by atoms with Gasteiger partial charge in [-0.1, -0.05) is 39.8 Å². The van der Waals surface area contributed by atoms with Gasteiger partial charge in [-0.2, -0.15) is 0 Å². The van der Waals surface area contributed by atoms with E-state index >= 15 is 0 Å². The van der Waals surface area contributed by atoms with Crippen LogP contribution in [0.3, 0.4) is 0 Å². The minimum absolute atomic E-state index is 0.172. The molecule has 0 saturated heterocycles. The number of rotatable bonds is 5. The maximum Gasteiger partial charge on any atom is 0.120 e. The summed E-state index contributed by atoms with van der Waals surface area (Å²) in [5, 5.41) is 0. The lowest BCUT2D eigenvalue weighted by molar-refractivity contribution is -0.108. The van der Waals surface area contributed by atoms with Gasteiger partial charge >= 0.3 is 0 Å². The Labute approximate surface area is 75.9 Å². The van der Waals surface area contributed by atoms with Crippen molar-refractivity contribution in [3.8, 4) is 0 Å². The Bertz CT molecular complexity index is 154. The third-order valence-corrected chi connectivity index (χ3v) is 1.84. The third-order valence-electron chi connectivity index (χ3n) is 1.84. The van der Waals surface area contributed by atoms with Crippen molar-refractivity contribution >= 4 is 6.29 Å². The topological polar surface area (TPSA) is 17.1 Å². The first-order chi connectivity index (χ1) is 5.48. The van der Waals surface area contributed by atoms with E-state index in [0.29, 0.717) is 12.3 Å². The molecule has 0 saturated carbocycles. The van der Waals surface area contributed by atoms with Crippen molar-refractivity contribution < 1.29 is 4.79 Å². The molecule has 70 valence electrons. The summed E-state index contributed by atoms with van der Waals surface area (Å²) in [7, 11) is 0. The molecular formula is C11H20O. The Morgan fingerprint density at radius 2 is 1.92 bits per heavy atom. The molecule has 0 aromatic rings. The van der Waals surface area contributed by atoms with E-state index in [2.05, 4.69) is 39.8 Å². The highest BCUT2D eigenvalue weighted by atomic mass is 16.1. The van der Waals surface area contributed by atoms with E-state index in [9.17, 15) is 4.79 Å². The highest BCUT2D eigenvalue weighted by molar-refractivity contribution is 5.49. The van der Waals surface area contributed by atoms with Crippen LogP contribution in [0.2, 0.25) is 0 Å². The summed E-state index contributed by atoms with van der Waals surface area (Å²) in [6.07, 6.45) is 7.01. The van der Waals surface area contributed by atoms with E-state index in [1.54, 1.807) is 0 Å². The molecule has 0 bridgehead atoms. The molecule has 0 aliphatic heterocycles. The Balaban J connectivity index is 3.93. The van der Waals surface area contributed by atoms with Crippen LogP contribution in [0.5, 0.6) is 0 Å². The number of aldehydes is 1. The molecule has 0 amide bonds. The van der Waals surface area contributed by atoms with E-state index < -0.39 is 0 Å². The molecule has 1 heteroatoms. The molecular weight excluding hydrogens is 148 g/mol. The van der Waals surface area contributed by atoms with Crippen LogP contribution < -0.4 is 0 Å². The van der Waals surface area contributed by atoms with Gasteiger partial charge in [0.25, 0.3) is 0 Å². The van der Waals surface area contributed by atoms with Crippen molar-refractivity contribution in [3.05, 3.63) is 12.2 Å². The summed E-state index contributed by atoms with van der Waals surface area (Å²) in [4.78, 5) is 10.2. The zero-order valence-corrected chi connectivity index (χ0v) is 8.63. The summed E-state index contributed by atoms with van der Waals surface area (Å²) in [6, 6.07) is 0. The number of allylic oxidation sites excluding steroid dienone is 2. The smallest absolute Gasteiger partial charge is 0.120 e. The van der Waals surface area contributed by atoms with Crippen LogP contribution >= 0.6 is 0 Å². The third kappa shape index (κ3) is 6.14. The molecule has 0 fully saturated rings. The number of hydrogen-bond acceptors (Lipinski definition) is 1. The molecule has 0 heterocycles. The number of carbonyl (C=O) groups is 1. The van der Waals surface area contributed by atoms with Crippen LogP contribution in [0.4, 0.5) is 0 Å². The molecule has 0 aromatic heterocycles. The zero-order chi connectivity index (χ0) is 9.61. The molecule has 0 spiro atoms. The molecule has 0 unspecified atom stereocenters. The SMILES string of the molecule is CC(C)/C=C/C(C)(C)CCC=O. The second kappa shape index (κ2) is 5.13. The summed E-state index contributed by atoms with van der Waals surface area (Å²) < 4.78 is 0. The van der Waals surface area contributed by atoms with Gasteiger partial charge in [-0.25, -0.2) is 0 Å². The van der Waals surface area contributed by atoms with Gasteiger partial charge < -0.3 is 4.79 Å². The van der Waals surface area contributed by atoms with Crippen molar-refractivity contribution in [3.63, 3.8) is 0 Å². The highest BCUT2D eigenvalue weighted by Crippen LogP contribution is 2.23. The van der Waals surface area contributed by atoms with Crippen LogP contribution in [-0.4, -0.2) is 6.29 Å². The predicted molar refractivity (Wildman–Crippen MR) is 53.1 cm³/mol. The lowest BCUT2D eigenvalue weighted by Crippen LogP contribution is -2.07. The van der Waals surface area contributed by atoms with Crippen LogP contribution in [0.15, 0.2) is 12.2 Å². The molecule has 0 aliphatic rings. The summed E-state index contributed by atoms with van der Waals surface area (Å²) in [5.74, 6) is 0.598. The average molecular weight is 168 g/mol. The molecule has 0 aliphatic carbocycles. The first kappa shape index (κ1) is 11.4. The fourth-order valence-electron chi connectivity index (χ4n) is 0.967. The van der Waals surface area contributed by atoms with E-state index in [1.165, 1.54) is 0 Å². The largest absolute Gasteiger partial charge is 0.303 e. The van der Waals surface area contributed by atoms with E-state index in [4.69, 9.17) is 0 Å². The van der Waals surface area contributed by atoms with Crippen LogP contribution in [0.25, 0.3) is 0 Å². The van der Waals surface area contributed by atoms with Crippen molar-refractivity contribution in [1.82, 2.24) is 0 Å². The normalized spacial score (nSPS) is 12.8. The second-order valence-electron chi connectivity index (χ2n) is 4.30. The van der Waals surface area contributed by atoms with Crippen molar-refractivity contribution in [2.24, 2.45) is 11.3 Å². The summed E-state index contributed by atoms with van der Waals surface area (Å²) in [5.41, 5.74) is 0.172. The molecule has 0 rings (SSSR count).